The maximum absolute atomic E-state index is 10.9. The summed E-state index contributed by atoms with van der Waals surface area (Å²) in [6.45, 7) is 3.59. The molecule has 2 N–H and O–H groups in total. The molecule has 0 fully saturated rings. The van der Waals surface area contributed by atoms with Gasteiger partial charge in [0, 0.05) is 25.3 Å². The van der Waals surface area contributed by atoms with Gasteiger partial charge in [-0.25, -0.2) is 0 Å². The lowest BCUT2D eigenvalue weighted by Crippen LogP contribution is -2.09. The fourth-order valence-corrected chi connectivity index (χ4v) is 1.51. The highest BCUT2D eigenvalue weighted by Crippen LogP contribution is 2.24. The first-order valence-corrected chi connectivity index (χ1v) is 4.76. The average Bonchev–Trinajstić information content (AvgIpc) is 2.16. The number of rotatable bonds is 3. The van der Waals surface area contributed by atoms with Crippen LogP contribution < -0.4 is 10.6 Å². The molecule has 76 valence electrons. The van der Waals surface area contributed by atoms with Gasteiger partial charge in [-0.05, 0) is 24.1 Å². The third-order valence-electron chi connectivity index (χ3n) is 2.11. The number of amides is 1. The van der Waals surface area contributed by atoms with Crippen molar-refractivity contribution in [3.05, 3.63) is 23.8 Å². The molecule has 0 unspecified atom stereocenters. The lowest BCUT2D eigenvalue weighted by Gasteiger charge is -2.12. The van der Waals surface area contributed by atoms with Gasteiger partial charge in [0.15, 0.2) is 0 Å². The van der Waals surface area contributed by atoms with Crippen molar-refractivity contribution < 1.29 is 4.79 Å². The number of benzene rings is 1. The van der Waals surface area contributed by atoms with Crippen LogP contribution in [0.5, 0.6) is 0 Å². The highest BCUT2D eigenvalue weighted by atomic mass is 16.1. The van der Waals surface area contributed by atoms with E-state index in [4.69, 9.17) is 0 Å². The maximum Gasteiger partial charge on any atom is 0.221 e. The van der Waals surface area contributed by atoms with Crippen molar-refractivity contribution in [1.82, 2.24) is 0 Å². The second-order valence-corrected chi connectivity index (χ2v) is 3.12. The van der Waals surface area contributed by atoms with Gasteiger partial charge in [-0.2, -0.15) is 0 Å². The minimum absolute atomic E-state index is 0.0343. The van der Waals surface area contributed by atoms with Crippen LogP contribution in [0.2, 0.25) is 0 Å². The molecule has 1 rings (SSSR count). The van der Waals surface area contributed by atoms with Crippen molar-refractivity contribution in [1.29, 1.82) is 0 Å². The summed E-state index contributed by atoms with van der Waals surface area (Å²) in [4.78, 5) is 10.9. The molecule has 0 aliphatic carbocycles. The van der Waals surface area contributed by atoms with Gasteiger partial charge < -0.3 is 10.6 Å². The van der Waals surface area contributed by atoms with Gasteiger partial charge in [-0.15, -0.1) is 0 Å². The highest BCUT2D eigenvalue weighted by molar-refractivity contribution is 5.90. The van der Waals surface area contributed by atoms with Crippen LogP contribution in [-0.2, 0) is 11.2 Å². The zero-order chi connectivity index (χ0) is 10.6. The number of anilines is 2. The number of carbonyl (C=O) groups excluding carboxylic acids is 1. The van der Waals surface area contributed by atoms with E-state index in [2.05, 4.69) is 17.6 Å². The lowest BCUT2D eigenvalue weighted by atomic mass is 10.1. The summed E-state index contributed by atoms with van der Waals surface area (Å²) in [7, 11) is 1.88. The summed E-state index contributed by atoms with van der Waals surface area (Å²) in [6, 6.07) is 5.85. The van der Waals surface area contributed by atoms with Crippen LogP contribution in [0.25, 0.3) is 0 Å². The molecule has 0 heterocycles. The Morgan fingerprint density at radius 1 is 1.36 bits per heavy atom. The summed E-state index contributed by atoms with van der Waals surface area (Å²) in [5, 5.41) is 5.93. The molecule has 0 atom stereocenters. The monoisotopic (exact) mass is 192 g/mol. The first-order chi connectivity index (χ1) is 6.69. The first-order valence-electron chi connectivity index (χ1n) is 4.76. The molecule has 0 bridgehead atoms. The van der Waals surface area contributed by atoms with Crippen molar-refractivity contribution in [2.75, 3.05) is 17.7 Å². The van der Waals surface area contributed by atoms with Crippen molar-refractivity contribution in [2.24, 2.45) is 0 Å². The van der Waals surface area contributed by atoms with Crippen LogP contribution in [0.15, 0.2) is 18.2 Å². The van der Waals surface area contributed by atoms with Crippen LogP contribution >= 0.6 is 0 Å². The molecule has 0 aromatic heterocycles. The normalized spacial score (nSPS) is 9.64. The van der Waals surface area contributed by atoms with Gasteiger partial charge in [0.2, 0.25) is 5.91 Å². The molecule has 1 amide bonds. The largest absolute Gasteiger partial charge is 0.388 e. The predicted molar refractivity (Wildman–Crippen MR) is 59.7 cm³/mol. The van der Waals surface area contributed by atoms with Crippen molar-refractivity contribution in [3.8, 4) is 0 Å². The number of hydrogen-bond donors (Lipinski definition) is 2. The summed E-state index contributed by atoms with van der Waals surface area (Å²) < 4.78 is 0. The Morgan fingerprint density at radius 3 is 2.50 bits per heavy atom. The Balaban J connectivity index is 3.08. The van der Waals surface area contributed by atoms with E-state index in [9.17, 15) is 4.79 Å². The summed E-state index contributed by atoms with van der Waals surface area (Å²) in [6.07, 6.45) is 0.895. The van der Waals surface area contributed by atoms with Crippen molar-refractivity contribution >= 4 is 17.3 Å². The molecule has 14 heavy (non-hydrogen) atoms. The zero-order valence-electron chi connectivity index (χ0n) is 8.85. The summed E-state index contributed by atoms with van der Waals surface area (Å²) in [5.41, 5.74) is 3.11. The quantitative estimate of drug-likeness (QED) is 0.771. The smallest absolute Gasteiger partial charge is 0.221 e. The van der Waals surface area contributed by atoms with Gasteiger partial charge in [-0.3, -0.25) is 4.79 Å². The van der Waals surface area contributed by atoms with Crippen molar-refractivity contribution in [2.45, 2.75) is 20.3 Å². The van der Waals surface area contributed by atoms with Gasteiger partial charge in [0.1, 0.15) is 0 Å². The highest BCUT2D eigenvalue weighted by Gasteiger charge is 2.05. The minimum atomic E-state index is -0.0343. The van der Waals surface area contributed by atoms with Crippen LogP contribution in [0.3, 0.4) is 0 Å². The van der Waals surface area contributed by atoms with E-state index in [1.54, 1.807) is 0 Å². The predicted octanol–water partition coefficient (Wildman–Crippen LogP) is 2.25. The molecular formula is C11H16N2O. The minimum Gasteiger partial charge on any atom is -0.388 e. The topological polar surface area (TPSA) is 41.1 Å². The Bertz CT molecular complexity index is 334. The second-order valence-electron chi connectivity index (χ2n) is 3.12. The van der Waals surface area contributed by atoms with Gasteiger partial charge >= 0.3 is 0 Å². The Hall–Kier alpha value is -1.51. The van der Waals surface area contributed by atoms with Crippen LogP contribution in [0.1, 0.15) is 19.4 Å². The molecular weight excluding hydrogens is 176 g/mol. The fourth-order valence-electron chi connectivity index (χ4n) is 1.51. The first kappa shape index (κ1) is 10.6. The fraction of sp³-hybridized carbons (Fsp3) is 0.364. The van der Waals surface area contributed by atoms with Gasteiger partial charge in [0.05, 0.1) is 0 Å². The molecule has 0 saturated heterocycles. The van der Waals surface area contributed by atoms with E-state index < -0.39 is 0 Å². The number of carbonyl (C=O) groups is 1. The van der Waals surface area contributed by atoms with E-state index in [1.165, 1.54) is 6.92 Å². The van der Waals surface area contributed by atoms with E-state index in [0.717, 1.165) is 23.4 Å². The number of hydrogen-bond acceptors (Lipinski definition) is 2. The molecule has 0 spiro atoms. The zero-order valence-corrected chi connectivity index (χ0v) is 8.85. The molecule has 0 radical (unpaired) electrons. The molecule has 3 nitrogen and oxygen atoms in total. The molecule has 0 aliphatic rings. The molecule has 1 aromatic rings. The van der Waals surface area contributed by atoms with E-state index >= 15 is 0 Å². The average molecular weight is 192 g/mol. The number of nitrogens with one attached hydrogen (secondary N) is 2. The Kier molecular flexibility index (Phi) is 3.51. The summed E-state index contributed by atoms with van der Waals surface area (Å²) in [5.74, 6) is -0.0343. The third-order valence-corrected chi connectivity index (χ3v) is 2.11. The van der Waals surface area contributed by atoms with E-state index in [0.29, 0.717) is 0 Å². The standard InChI is InChI=1S/C11H16N2O/c1-4-9-10(12-3)6-5-7-11(9)13-8(2)14/h5-7,12H,4H2,1-3H3,(H,13,14). The molecule has 0 aliphatic heterocycles. The molecule has 3 heteroatoms. The third kappa shape index (κ3) is 2.25. The summed E-state index contributed by atoms with van der Waals surface area (Å²) >= 11 is 0. The van der Waals surface area contributed by atoms with Gasteiger partial charge in [-0.1, -0.05) is 13.0 Å². The Labute approximate surface area is 84.5 Å². The van der Waals surface area contributed by atoms with Gasteiger partial charge in [0.25, 0.3) is 0 Å². The maximum atomic E-state index is 10.9. The van der Waals surface area contributed by atoms with Crippen molar-refractivity contribution in [3.63, 3.8) is 0 Å². The lowest BCUT2D eigenvalue weighted by molar-refractivity contribution is -0.114. The molecule has 1 aromatic carbocycles. The second kappa shape index (κ2) is 4.65. The van der Waals surface area contributed by atoms with E-state index in [1.807, 2.05) is 25.2 Å². The van der Waals surface area contributed by atoms with Crippen LogP contribution in [0.4, 0.5) is 11.4 Å². The van der Waals surface area contributed by atoms with E-state index in [-0.39, 0.29) is 5.91 Å². The van der Waals surface area contributed by atoms with Crippen LogP contribution in [0, 0.1) is 0 Å². The Morgan fingerprint density at radius 2 is 2.00 bits per heavy atom. The SMILES string of the molecule is CCc1c(NC)cccc1NC(C)=O. The molecule has 0 saturated carbocycles. The van der Waals surface area contributed by atoms with Crippen LogP contribution in [-0.4, -0.2) is 13.0 Å².